The van der Waals surface area contributed by atoms with Crippen molar-refractivity contribution in [2.45, 2.75) is 37.8 Å². The van der Waals surface area contributed by atoms with E-state index in [0.717, 1.165) is 0 Å². The lowest BCUT2D eigenvalue weighted by atomic mass is 9.97. The summed E-state index contributed by atoms with van der Waals surface area (Å²) in [6.07, 6.45) is 6.01. The number of fused-ring (bicyclic) bond motifs is 4. The standard InChI is InChI=1S/C35H38ClN11O5/c1-21(34(49)46(2)15-16-51-3)26-7-5-6-8-27(41-31(48)14-9-22-17-23(36)10-13-30(22)47-20-38-44-45-47)33-42-29(19-37)32(43-33)25-12-11-24(18-28(25)40-26)39-35(50)52-4/h9-14,17-18,20,26-27,40H,1,5-8,15-16H2,2-4H3,(H,39,50)(H,41,48)(H,42,43)/b14-9+/t26-,27+/m1/s1. The van der Waals surface area contributed by atoms with Gasteiger partial charge in [-0.25, -0.2) is 9.78 Å². The Morgan fingerprint density at radius 3 is 2.73 bits per heavy atom. The number of ether oxygens (including phenoxy) is 2. The number of aromatic nitrogens is 6. The van der Waals surface area contributed by atoms with E-state index in [1.54, 1.807) is 61.5 Å². The molecule has 0 radical (unpaired) electrons. The Labute approximate surface area is 304 Å². The SMILES string of the molecule is C=C(C(=O)N(C)CCOC)[C@H]1CCCC[C@H](NC(=O)/C=C/c2cc(Cl)ccc2-n2cnnn2)c2nc(c(C#N)[nH]2)-c2ccc(NC(=O)OC)cc2N1. The van der Waals surface area contributed by atoms with Gasteiger partial charge >= 0.3 is 6.09 Å². The lowest BCUT2D eigenvalue weighted by molar-refractivity contribution is -0.126. The van der Waals surface area contributed by atoms with Crippen LogP contribution in [0.3, 0.4) is 0 Å². The molecule has 1 aliphatic rings. The Kier molecular flexibility index (Phi) is 12.3. The number of hydrogen-bond donors (Lipinski definition) is 4. The van der Waals surface area contributed by atoms with Gasteiger partial charge in [-0.1, -0.05) is 31.0 Å². The van der Waals surface area contributed by atoms with Gasteiger partial charge in [-0.15, -0.1) is 5.10 Å². The van der Waals surface area contributed by atoms with Crippen LogP contribution in [0.4, 0.5) is 16.2 Å². The van der Waals surface area contributed by atoms with Crippen LogP contribution in [0.15, 0.2) is 61.0 Å². The normalized spacial score (nSPS) is 15.6. The highest BCUT2D eigenvalue weighted by Crippen LogP contribution is 2.35. The molecule has 4 N–H and O–H groups in total. The molecule has 4 aromatic rings. The number of halogens is 1. The van der Waals surface area contributed by atoms with Crippen LogP contribution < -0.4 is 16.0 Å². The first-order chi connectivity index (χ1) is 25.1. The van der Waals surface area contributed by atoms with Crippen molar-refractivity contribution in [2.75, 3.05) is 45.1 Å². The Hall–Kier alpha value is -6.05. The van der Waals surface area contributed by atoms with E-state index in [1.807, 2.05) is 0 Å². The summed E-state index contributed by atoms with van der Waals surface area (Å²) < 4.78 is 11.4. The maximum atomic E-state index is 13.5. The zero-order valence-electron chi connectivity index (χ0n) is 28.9. The van der Waals surface area contributed by atoms with Crippen LogP contribution in [0.5, 0.6) is 0 Å². The van der Waals surface area contributed by atoms with Crippen molar-refractivity contribution < 1.29 is 23.9 Å². The molecule has 0 fully saturated rings. The Morgan fingerprint density at radius 1 is 1.19 bits per heavy atom. The third-order valence-electron chi connectivity index (χ3n) is 8.42. The second kappa shape index (κ2) is 17.2. The Morgan fingerprint density at radius 2 is 2.00 bits per heavy atom. The highest BCUT2D eigenvalue weighted by atomic mass is 35.5. The first-order valence-electron chi connectivity index (χ1n) is 16.3. The fraction of sp³-hybridized carbons (Fsp3) is 0.314. The number of imidazole rings is 1. The first-order valence-corrected chi connectivity index (χ1v) is 16.7. The van der Waals surface area contributed by atoms with Gasteiger partial charge in [0.2, 0.25) is 5.91 Å². The molecule has 0 unspecified atom stereocenters. The van der Waals surface area contributed by atoms with Crippen LogP contribution in [-0.4, -0.2) is 93.4 Å². The van der Waals surface area contributed by atoms with Gasteiger partial charge in [-0.2, -0.15) is 9.94 Å². The molecule has 5 rings (SSSR count). The van der Waals surface area contributed by atoms with E-state index < -0.39 is 24.1 Å². The molecule has 2 atom stereocenters. The number of H-pyrrole nitrogens is 1. The molecule has 17 heteroatoms. The summed E-state index contributed by atoms with van der Waals surface area (Å²) >= 11 is 6.25. The molecule has 3 heterocycles. The van der Waals surface area contributed by atoms with E-state index in [1.165, 1.54) is 24.2 Å². The molecule has 52 heavy (non-hydrogen) atoms. The molecule has 0 saturated carbocycles. The lowest BCUT2D eigenvalue weighted by Crippen LogP contribution is -2.37. The molecule has 16 nitrogen and oxygen atoms in total. The summed E-state index contributed by atoms with van der Waals surface area (Å²) in [5.74, 6) is -0.274. The highest BCUT2D eigenvalue weighted by molar-refractivity contribution is 6.30. The van der Waals surface area contributed by atoms with E-state index in [9.17, 15) is 19.6 Å². The predicted octanol–water partition coefficient (Wildman–Crippen LogP) is 4.64. The molecule has 0 saturated heterocycles. The molecule has 1 aliphatic heterocycles. The van der Waals surface area contributed by atoms with E-state index in [0.29, 0.717) is 89.1 Å². The van der Waals surface area contributed by atoms with E-state index >= 15 is 0 Å². The maximum Gasteiger partial charge on any atom is 0.411 e. The minimum Gasteiger partial charge on any atom is -0.453 e. The number of rotatable bonds is 10. The molecule has 0 aliphatic carbocycles. The topological polar surface area (TPSA) is 205 Å². The minimum atomic E-state index is -0.668. The summed E-state index contributed by atoms with van der Waals surface area (Å²) in [7, 11) is 4.50. The van der Waals surface area contributed by atoms with Crippen molar-refractivity contribution in [2.24, 2.45) is 0 Å². The fourth-order valence-corrected chi connectivity index (χ4v) is 5.87. The maximum absolute atomic E-state index is 13.5. The third-order valence-corrected chi connectivity index (χ3v) is 8.66. The fourth-order valence-electron chi connectivity index (χ4n) is 5.69. The third kappa shape index (κ3) is 8.99. The van der Waals surface area contributed by atoms with Gasteiger partial charge in [0.25, 0.3) is 5.91 Å². The number of nitrogens with one attached hydrogen (secondary N) is 4. The number of aromatic amines is 1. The van der Waals surface area contributed by atoms with Crippen LogP contribution in [0.1, 0.15) is 48.8 Å². The van der Waals surface area contributed by atoms with Crippen LogP contribution in [0, 0.1) is 11.3 Å². The minimum absolute atomic E-state index is 0.163. The average Bonchev–Trinajstić information content (AvgIpc) is 3.84. The molecular formula is C35H38ClN11O5. The smallest absolute Gasteiger partial charge is 0.411 e. The second-order valence-electron chi connectivity index (χ2n) is 11.9. The van der Waals surface area contributed by atoms with Gasteiger partial charge in [0.1, 0.15) is 29.6 Å². The number of likely N-dealkylation sites (N-methyl/N-ethyl adjacent to an activating group) is 1. The number of methoxy groups -OCH3 is 2. The Bertz CT molecular complexity index is 2000. The van der Waals surface area contributed by atoms with E-state index in [4.69, 9.17) is 26.1 Å². The van der Waals surface area contributed by atoms with Gasteiger partial charge in [0.05, 0.1) is 31.5 Å². The highest BCUT2D eigenvalue weighted by Gasteiger charge is 2.27. The van der Waals surface area contributed by atoms with Gasteiger partial charge in [-0.3, -0.25) is 14.9 Å². The Balaban J connectivity index is 1.48. The number of carbonyl (C=O) groups excluding carboxylic acids is 3. The van der Waals surface area contributed by atoms with Crippen LogP contribution in [0.2, 0.25) is 5.02 Å². The summed E-state index contributed by atoms with van der Waals surface area (Å²) in [6.45, 7) is 4.90. The van der Waals surface area contributed by atoms with Gasteiger partial charge < -0.3 is 30.0 Å². The second-order valence-corrected chi connectivity index (χ2v) is 12.3. The molecule has 3 amide bonds. The molecule has 270 valence electrons. The number of carbonyl (C=O) groups is 3. The largest absolute Gasteiger partial charge is 0.453 e. The number of hydrogen-bond acceptors (Lipinski definition) is 11. The monoisotopic (exact) mass is 727 g/mol. The number of nitriles is 1. The first kappa shape index (κ1) is 37.2. The molecular weight excluding hydrogens is 690 g/mol. The average molecular weight is 728 g/mol. The summed E-state index contributed by atoms with van der Waals surface area (Å²) in [6, 6.07) is 11.2. The summed E-state index contributed by atoms with van der Waals surface area (Å²) in [5.41, 5.74) is 3.46. The quantitative estimate of drug-likeness (QED) is 0.166. The van der Waals surface area contributed by atoms with Crippen molar-refractivity contribution >= 4 is 47.0 Å². The molecule has 2 aromatic carbocycles. The predicted molar refractivity (Wildman–Crippen MR) is 193 cm³/mol. The van der Waals surface area contributed by atoms with Crippen molar-refractivity contribution in [1.82, 2.24) is 40.4 Å². The van der Waals surface area contributed by atoms with E-state index in [2.05, 4.69) is 49.1 Å². The van der Waals surface area contributed by atoms with Crippen molar-refractivity contribution in [1.29, 1.82) is 5.26 Å². The van der Waals surface area contributed by atoms with Crippen LogP contribution >= 0.6 is 11.6 Å². The van der Waals surface area contributed by atoms with Gasteiger partial charge in [0.15, 0.2) is 0 Å². The lowest BCUT2D eigenvalue weighted by Gasteiger charge is -2.27. The number of amides is 3. The zero-order valence-corrected chi connectivity index (χ0v) is 29.6. The van der Waals surface area contributed by atoms with Crippen molar-refractivity contribution in [3.63, 3.8) is 0 Å². The number of tetrazole rings is 1. The summed E-state index contributed by atoms with van der Waals surface area (Å²) in [4.78, 5) is 48.4. The number of benzene rings is 2. The van der Waals surface area contributed by atoms with Crippen molar-refractivity contribution in [3.05, 3.63) is 83.1 Å². The zero-order chi connectivity index (χ0) is 37.2. The van der Waals surface area contributed by atoms with Gasteiger partial charge in [-0.05, 0) is 65.7 Å². The van der Waals surface area contributed by atoms with Gasteiger partial charge in [0, 0.05) is 59.9 Å². The number of nitrogens with zero attached hydrogens (tertiary/aromatic N) is 7. The van der Waals surface area contributed by atoms with Crippen LogP contribution in [-0.2, 0) is 19.1 Å². The number of anilines is 2. The van der Waals surface area contributed by atoms with Crippen molar-refractivity contribution in [3.8, 4) is 23.0 Å². The van der Waals surface area contributed by atoms with E-state index in [-0.39, 0.29) is 11.6 Å². The molecule has 2 bridgehead atoms. The molecule has 2 aromatic heterocycles. The van der Waals surface area contributed by atoms with Crippen LogP contribution in [0.25, 0.3) is 23.0 Å². The summed E-state index contributed by atoms with van der Waals surface area (Å²) in [5, 5.41) is 31.1. The molecule has 0 spiro atoms.